The number of carbonyl (C=O) groups is 1. The van der Waals surface area contributed by atoms with Crippen molar-refractivity contribution in [3.63, 3.8) is 0 Å². The van der Waals surface area contributed by atoms with Gasteiger partial charge in [-0.3, -0.25) is 4.79 Å². The molecule has 0 atom stereocenters. The molecule has 3 aromatic rings. The van der Waals surface area contributed by atoms with E-state index in [1.165, 1.54) is 24.3 Å². The van der Waals surface area contributed by atoms with Crippen LogP contribution in [-0.2, 0) is 0 Å². The van der Waals surface area contributed by atoms with Crippen molar-refractivity contribution in [2.24, 2.45) is 0 Å². The molecule has 116 valence electrons. The maximum absolute atomic E-state index is 12.8. The number of amides is 1. The fraction of sp³-hybridized carbons (Fsp3) is 0.0625. The lowest BCUT2D eigenvalue weighted by Gasteiger charge is -2.06. The zero-order valence-corrected chi connectivity index (χ0v) is 12.2. The number of halogens is 1. The zero-order valence-electron chi connectivity index (χ0n) is 12.2. The standard InChI is InChI=1S/C16H13FN4O2/c1-10-8-15(21-23-10)19-13-6-7-14(18-9-13)20-16(22)11-2-4-12(17)5-3-11/h2-9H,1H3,(H,19,21)(H,18,20,22). The summed E-state index contributed by atoms with van der Waals surface area (Å²) in [6.07, 6.45) is 1.56. The van der Waals surface area contributed by atoms with Gasteiger partial charge < -0.3 is 15.2 Å². The molecule has 1 amide bonds. The summed E-state index contributed by atoms with van der Waals surface area (Å²) >= 11 is 0. The Hall–Kier alpha value is -3.22. The van der Waals surface area contributed by atoms with Crippen LogP contribution in [0, 0.1) is 12.7 Å². The Balaban J connectivity index is 1.65. The number of nitrogens with one attached hydrogen (secondary N) is 2. The lowest BCUT2D eigenvalue weighted by Crippen LogP contribution is -2.12. The van der Waals surface area contributed by atoms with Gasteiger partial charge in [-0.2, -0.15) is 0 Å². The highest BCUT2D eigenvalue weighted by atomic mass is 19.1. The van der Waals surface area contributed by atoms with Gasteiger partial charge >= 0.3 is 0 Å². The maximum Gasteiger partial charge on any atom is 0.256 e. The summed E-state index contributed by atoms with van der Waals surface area (Å²) in [6, 6.07) is 10.4. The van der Waals surface area contributed by atoms with E-state index in [0.29, 0.717) is 28.6 Å². The molecule has 0 bridgehead atoms. The van der Waals surface area contributed by atoms with Crippen LogP contribution in [0.2, 0.25) is 0 Å². The average molecular weight is 312 g/mol. The fourth-order valence-electron chi connectivity index (χ4n) is 1.90. The average Bonchev–Trinajstić information content (AvgIpc) is 2.95. The first-order valence-corrected chi connectivity index (χ1v) is 6.83. The molecule has 0 spiro atoms. The molecule has 0 fully saturated rings. The lowest BCUT2D eigenvalue weighted by molar-refractivity contribution is 0.102. The summed E-state index contributed by atoms with van der Waals surface area (Å²) < 4.78 is 17.8. The van der Waals surface area contributed by atoms with Crippen LogP contribution in [0.25, 0.3) is 0 Å². The third-order valence-electron chi connectivity index (χ3n) is 3.01. The summed E-state index contributed by atoms with van der Waals surface area (Å²) in [5.41, 5.74) is 1.06. The number of pyridine rings is 1. The first kappa shape index (κ1) is 14.7. The fourth-order valence-corrected chi connectivity index (χ4v) is 1.90. The van der Waals surface area contributed by atoms with Gasteiger partial charge in [-0.15, -0.1) is 0 Å². The van der Waals surface area contributed by atoms with Gasteiger partial charge in [0.05, 0.1) is 11.9 Å². The molecule has 2 heterocycles. The van der Waals surface area contributed by atoms with Gasteiger partial charge in [0.1, 0.15) is 17.4 Å². The molecule has 1 aromatic carbocycles. The van der Waals surface area contributed by atoms with Crippen molar-refractivity contribution in [1.29, 1.82) is 0 Å². The van der Waals surface area contributed by atoms with Crippen LogP contribution in [0.3, 0.4) is 0 Å². The van der Waals surface area contributed by atoms with Crippen LogP contribution in [0.15, 0.2) is 53.2 Å². The predicted octanol–water partition coefficient (Wildman–Crippen LogP) is 3.51. The Morgan fingerprint density at radius 2 is 1.91 bits per heavy atom. The van der Waals surface area contributed by atoms with Gasteiger partial charge in [-0.1, -0.05) is 5.16 Å². The molecule has 2 N–H and O–H groups in total. The molecule has 2 aromatic heterocycles. The number of hydrogen-bond acceptors (Lipinski definition) is 5. The van der Waals surface area contributed by atoms with Gasteiger partial charge in [0.25, 0.3) is 5.91 Å². The largest absolute Gasteiger partial charge is 0.360 e. The first-order chi connectivity index (χ1) is 11.1. The van der Waals surface area contributed by atoms with Crippen LogP contribution in [0.4, 0.5) is 21.7 Å². The summed E-state index contributed by atoms with van der Waals surface area (Å²) in [6.45, 7) is 1.80. The highest BCUT2D eigenvalue weighted by Crippen LogP contribution is 2.17. The second-order valence-electron chi connectivity index (χ2n) is 4.84. The SMILES string of the molecule is Cc1cc(Nc2ccc(NC(=O)c3ccc(F)cc3)nc2)no1. The van der Waals surface area contributed by atoms with Gasteiger partial charge in [-0.25, -0.2) is 9.37 Å². The van der Waals surface area contributed by atoms with Crippen molar-refractivity contribution < 1.29 is 13.7 Å². The third-order valence-corrected chi connectivity index (χ3v) is 3.01. The Morgan fingerprint density at radius 3 is 2.52 bits per heavy atom. The number of aromatic nitrogens is 2. The topological polar surface area (TPSA) is 80.0 Å². The van der Waals surface area contributed by atoms with E-state index in [2.05, 4.69) is 20.8 Å². The van der Waals surface area contributed by atoms with Gasteiger partial charge in [-0.05, 0) is 43.3 Å². The molecule has 7 heteroatoms. The summed E-state index contributed by atoms with van der Waals surface area (Å²) in [7, 11) is 0. The number of aryl methyl sites for hydroxylation is 1. The van der Waals surface area contributed by atoms with Crippen LogP contribution in [0.1, 0.15) is 16.1 Å². The number of anilines is 3. The highest BCUT2D eigenvalue weighted by Gasteiger charge is 2.07. The number of nitrogens with zero attached hydrogens (tertiary/aromatic N) is 2. The van der Waals surface area contributed by atoms with Crippen molar-refractivity contribution in [2.45, 2.75) is 6.92 Å². The van der Waals surface area contributed by atoms with E-state index in [1.54, 1.807) is 31.3 Å². The first-order valence-electron chi connectivity index (χ1n) is 6.83. The second-order valence-corrected chi connectivity index (χ2v) is 4.84. The maximum atomic E-state index is 12.8. The molecule has 0 aliphatic carbocycles. The Labute approximate surface area is 131 Å². The molecule has 6 nitrogen and oxygen atoms in total. The van der Waals surface area contributed by atoms with Crippen LogP contribution in [0.5, 0.6) is 0 Å². The van der Waals surface area contributed by atoms with E-state index in [1.807, 2.05) is 0 Å². The quantitative estimate of drug-likeness (QED) is 0.770. The minimum atomic E-state index is -0.391. The molecular formula is C16H13FN4O2. The monoisotopic (exact) mass is 312 g/mol. The molecule has 23 heavy (non-hydrogen) atoms. The van der Waals surface area contributed by atoms with Crippen molar-refractivity contribution in [3.8, 4) is 0 Å². The number of benzene rings is 1. The van der Waals surface area contributed by atoms with Crippen LogP contribution >= 0.6 is 0 Å². The predicted molar refractivity (Wildman–Crippen MR) is 83.1 cm³/mol. The normalized spacial score (nSPS) is 10.3. The molecule has 0 aliphatic rings. The molecule has 0 unspecified atom stereocenters. The van der Waals surface area contributed by atoms with E-state index in [9.17, 15) is 9.18 Å². The van der Waals surface area contributed by atoms with E-state index >= 15 is 0 Å². The summed E-state index contributed by atoms with van der Waals surface area (Å²) in [5, 5.41) is 9.47. The second kappa shape index (κ2) is 6.27. The van der Waals surface area contributed by atoms with Gasteiger partial charge in [0.15, 0.2) is 5.82 Å². The number of carbonyl (C=O) groups excluding carboxylic acids is 1. The molecule has 0 saturated heterocycles. The number of hydrogen-bond donors (Lipinski definition) is 2. The summed E-state index contributed by atoms with van der Waals surface area (Å²) in [4.78, 5) is 16.1. The summed E-state index contributed by atoms with van der Waals surface area (Å²) in [5.74, 6) is 0.917. The lowest BCUT2D eigenvalue weighted by atomic mass is 10.2. The molecular weight excluding hydrogens is 299 g/mol. The number of rotatable bonds is 4. The minimum absolute atomic E-state index is 0.355. The van der Waals surface area contributed by atoms with E-state index in [0.717, 1.165) is 0 Å². The Bertz CT molecular complexity index is 813. The third kappa shape index (κ3) is 3.70. The van der Waals surface area contributed by atoms with E-state index < -0.39 is 5.82 Å². The van der Waals surface area contributed by atoms with Crippen LogP contribution in [-0.4, -0.2) is 16.0 Å². The minimum Gasteiger partial charge on any atom is -0.360 e. The van der Waals surface area contributed by atoms with Crippen LogP contribution < -0.4 is 10.6 Å². The molecule has 0 saturated carbocycles. The Morgan fingerprint density at radius 1 is 1.13 bits per heavy atom. The zero-order chi connectivity index (χ0) is 16.2. The molecule has 3 rings (SSSR count). The molecule has 0 aliphatic heterocycles. The van der Waals surface area contributed by atoms with E-state index in [-0.39, 0.29) is 5.91 Å². The van der Waals surface area contributed by atoms with Gasteiger partial charge in [0, 0.05) is 11.6 Å². The van der Waals surface area contributed by atoms with Gasteiger partial charge in [0.2, 0.25) is 0 Å². The van der Waals surface area contributed by atoms with E-state index in [4.69, 9.17) is 4.52 Å². The highest BCUT2D eigenvalue weighted by molar-refractivity contribution is 6.03. The van der Waals surface area contributed by atoms with Crippen molar-refractivity contribution in [2.75, 3.05) is 10.6 Å². The van der Waals surface area contributed by atoms with Crippen molar-refractivity contribution in [1.82, 2.24) is 10.1 Å². The Kier molecular flexibility index (Phi) is 4.01. The smallest absolute Gasteiger partial charge is 0.256 e. The molecule has 0 radical (unpaired) electrons. The van der Waals surface area contributed by atoms with Crippen molar-refractivity contribution in [3.05, 3.63) is 65.8 Å². The van der Waals surface area contributed by atoms with Crippen molar-refractivity contribution >= 4 is 23.2 Å².